The Labute approximate surface area is 129 Å². The molecule has 3 N–H and O–H groups in total. The Hall–Kier alpha value is -1.95. The molecule has 0 spiro atoms. The molecule has 1 radical (unpaired) electrons. The molecule has 0 aliphatic rings. The van der Waals surface area contributed by atoms with Gasteiger partial charge in [-0.3, -0.25) is 4.79 Å². The lowest BCUT2D eigenvalue weighted by Gasteiger charge is -2.21. The second-order valence-electron chi connectivity index (χ2n) is 5.58. The lowest BCUT2D eigenvalue weighted by molar-refractivity contribution is 0.0517. The average molecular weight is 307 g/mol. The maximum absolute atomic E-state index is 11.6. The smallest absolute Gasteiger partial charge is 0.408 e. The fourth-order valence-electron chi connectivity index (χ4n) is 1.61. The highest BCUT2D eigenvalue weighted by Crippen LogP contribution is 2.09. The van der Waals surface area contributed by atoms with Crippen molar-refractivity contribution in [3.63, 3.8) is 0 Å². The molecule has 0 saturated carbocycles. The molecule has 0 fully saturated rings. The van der Waals surface area contributed by atoms with E-state index >= 15 is 0 Å². The van der Waals surface area contributed by atoms with E-state index in [1.807, 2.05) is 0 Å². The Bertz CT molecular complexity index is 521. The minimum absolute atomic E-state index is 0.312. The first kappa shape index (κ1) is 17.1. The molecular weight excluding hydrogens is 288 g/mol. The zero-order chi connectivity index (χ0) is 16.0. The van der Waals surface area contributed by atoms with Crippen molar-refractivity contribution in [1.82, 2.24) is 5.32 Å². The van der Waals surface area contributed by atoms with Crippen LogP contribution in [0.15, 0.2) is 24.3 Å². The van der Waals surface area contributed by atoms with E-state index in [4.69, 9.17) is 22.7 Å². The molecule has 1 amide bonds. The van der Waals surface area contributed by atoms with Crippen LogP contribution >= 0.6 is 12.2 Å². The number of benzene rings is 1. The highest BCUT2D eigenvalue weighted by Gasteiger charge is 2.19. The van der Waals surface area contributed by atoms with E-state index in [2.05, 4.69) is 5.32 Å². The van der Waals surface area contributed by atoms with Gasteiger partial charge in [-0.05, 0) is 26.3 Å². The fraction of sp³-hybridized carbons (Fsp3) is 0.400. The van der Waals surface area contributed by atoms with E-state index in [9.17, 15) is 9.59 Å². The van der Waals surface area contributed by atoms with E-state index in [-0.39, 0.29) is 0 Å². The molecule has 0 bridgehead atoms. The van der Waals surface area contributed by atoms with Crippen molar-refractivity contribution in [1.29, 1.82) is 0 Å². The molecule has 1 rings (SSSR count). The van der Waals surface area contributed by atoms with E-state index in [0.717, 1.165) is 11.1 Å². The van der Waals surface area contributed by atoms with Gasteiger partial charge >= 0.3 is 6.09 Å². The zero-order valence-electron chi connectivity index (χ0n) is 12.3. The summed E-state index contributed by atoms with van der Waals surface area (Å²) in [5.74, 6) is 0. The van der Waals surface area contributed by atoms with Crippen molar-refractivity contribution in [2.75, 3.05) is 0 Å². The molecule has 0 heterocycles. The third-order valence-electron chi connectivity index (χ3n) is 2.51. The first-order chi connectivity index (χ1) is 9.71. The number of carbonyl (C=O) groups is 1. The van der Waals surface area contributed by atoms with Crippen molar-refractivity contribution < 1.29 is 14.3 Å². The molecule has 0 aliphatic carbocycles. The van der Waals surface area contributed by atoms with Crippen molar-refractivity contribution >= 4 is 29.6 Å². The molecule has 5 nitrogen and oxygen atoms in total. The second kappa shape index (κ2) is 7.17. The van der Waals surface area contributed by atoms with Gasteiger partial charge < -0.3 is 15.8 Å². The number of hydrogen-bond donors (Lipinski definition) is 2. The topological polar surface area (TPSA) is 81.4 Å². The van der Waals surface area contributed by atoms with Gasteiger partial charge in [0.1, 0.15) is 16.6 Å². The monoisotopic (exact) mass is 307 g/mol. The number of rotatable bonds is 5. The number of carbonyl (C=O) groups excluding carboxylic acids is 2. The van der Waals surface area contributed by atoms with Crippen LogP contribution in [0.25, 0.3) is 0 Å². The molecule has 0 aliphatic heterocycles. The van der Waals surface area contributed by atoms with Crippen LogP contribution in [0.4, 0.5) is 4.79 Å². The lowest BCUT2D eigenvalue weighted by atomic mass is 10.0. The summed E-state index contributed by atoms with van der Waals surface area (Å²) < 4.78 is 5.10. The molecule has 113 valence electrons. The molecule has 6 heteroatoms. The summed E-state index contributed by atoms with van der Waals surface area (Å²) in [6, 6.07) is 6.38. The molecule has 0 unspecified atom stereocenters. The lowest BCUT2D eigenvalue weighted by Crippen LogP contribution is -2.41. The Morgan fingerprint density at radius 2 is 1.95 bits per heavy atom. The van der Waals surface area contributed by atoms with E-state index in [1.165, 1.54) is 0 Å². The van der Waals surface area contributed by atoms with Gasteiger partial charge in [0, 0.05) is 12.0 Å². The van der Waals surface area contributed by atoms with Crippen molar-refractivity contribution in [3.8, 4) is 0 Å². The number of hydrogen-bond acceptors (Lipinski definition) is 4. The molecule has 1 aromatic carbocycles. The first-order valence-corrected chi connectivity index (χ1v) is 6.88. The van der Waals surface area contributed by atoms with Crippen LogP contribution < -0.4 is 11.1 Å². The van der Waals surface area contributed by atoms with Crippen LogP contribution in [0.5, 0.6) is 0 Å². The van der Waals surface area contributed by atoms with Gasteiger partial charge in [-0.15, -0.1) is 0 Å². The summed E-state index contributed by atoms with van der Waals surface area (Å²) in [6.07, 6.45) is 1.47. The fourth-order valence-corrected chi connectivity index (χ4v) is 1.75. The number of thiocarbonyl (C=S) groups is 1. The highest BCUT2D eigenvalue weighted by atomic mass is 32.1. The molecule has 1 aromatic rings. The number of alkyl carbamates (subject to hydrolysis) is 1. The minimum atomic E-state index is -0.768. The SMILES string of the molecule is CC(C)(C)OC(=O)N[C@H]([C]=O)Cc1ccc(C(N)=S)cc1. The van der Waals surface area contributed by atoms with E-state index in [0.29, 0.717) is 11.4 Å². The Morgan fingerprint density at radius 3 is 2.38 bits per heavy atom. The molecule has 1 atom stereocenters. The molecule has 0 aromatic heterocycles. The van der Waals surface area contributed by atoms with Gasteiger partial charge in [-0.2, -0.15) is 0 Å². The molecular formula is C15H19N2O3S. The maximum Gasteiger partial charge on any atom is 0.408 e. The standard InChI is InChI=1S/C15H19N2O3S/c1-15(2,3)20-14(19)17-12(9-18)8-10-4-6-11(7-5-10)13(16)21/h4-7,12H,8H2,1-3H3,(H2,16,21)(H,17,19)/t12-/m0/s1. The predicted octanol–water partition coefficient (Wildman–Crippen LogP) is 1.87. The summed E-state index contributed by atoms with van der Waals surface area (Å²) in [5, 5.41) is 2.47. The van der Waals surface area contributed by atoms with Crippen LogP contribution in [0.2, 0.25) is 0 Å². The van der Waals surface area contributed by atoms with Crippen molar-refractivity contribution in [2.24, 2.45) is 5.73 Å². The number of nitrogens with one attached hydrogen (secondary N) is 1. The van der Waals surface area contributed by atoms with Crippen molar-refractivity contribution in [2.45, 2.75) is 38.8 Å². The first-order valence-electron chi connectivity index (χ1n) is 6.47. The third kappa shape index (κ3) is 6.35. The summed E-state index contributed by atoms with van der Waals surface area (Å²) >= 11 is 4.87. The van der Waals surface area contributed by atoms with Gasteiger partial charge in [0.2, 0.25) is 6.29 Å². The van der Waals surface area contributed by atoms with Gasteiger partial charge in [-0.1, -0.05) is 36.5 Å². The van der Waals surface area contributed by atoms with Crippen LogP contribution in [0, 0.1) is 0 Å². The van der Waals surface area contributed by atoms with Gasteiger partial charge in [0.15, 0.2) is 0 Å². The normalized spacial score (nSPS) is 12.3. The Kier molecular flexibility index (Phi) is 5.84. The van der Waals surface area contributed by atoms with Gasteiger partial charge in [0.25, 0.3) is 0 Å². The van der Waals surface area contributed by atoms with E-state index in [1.54, 1.807) is 51.3 Å². The summed E-state index contributed by atoms with van der Waals surface area (Å²) in [6.45, 7) is 5.25. The van der Waals surface area contributed by atoms with Gasteiger partial charge in [-0.25, -0.2) is 4.79 Å². The Morgan fingerprint density at radius 1 is 1.38 bits per heavy atom. The Balaban J connectivity index is 2.63. The summed E-state index contributed by atoms with van der Waals surface area (Å²) in [7, 11) is 0. The van der Waals surface area contributed by atoms with Gasteiger partial charge in [0.05, 0.1) is 0 Å². The number of amides is 1. The highest BCUT2D eigenvalue weighted by molar-refractivity contribution is 7.80. The average Bonchev–Trinajstić information content (AvgIpc) is 2.36. The maximum atomic E-state index is 11.6. The van der Waals surface area contributed by atoms with Crippen LogP contribution in [0.1, 0.15) is 31.9 Å². The number of nitrogens with two attached hydrogens (primary N) is 1. The van der Waals surface area contributed by atoms with Crippen LogP contribution in [-0.2, 0) is 16.0 Å². The minimum Gasteiger partial charge on any atom is -0.444 e. The number of ether oxygens (including phenoxy) is 1. The quantitative estimate of drug-likeness (QED) is 0.812. The predicted molar refractivity (Wildman–Crippen MR) is 84.9 cm³/mol. The van der Waals surface area contributed by atoms with E-state index < -0.39 is 17.7 Å². The largest absolute Gasteiger partial charge is 0.444 e. The third-order valence-corrected chi connectivity index (χ3v) is 2.75. The molecule has 21 heavy (non-hydrogen) atoms. The van der Waals surface area contributed by atoms with Crippen molar-refractivity contribution in [3.05, 3.63) is 35.4 Å². The second-order valence-corrected chi connectivity index (χ2v) is 6.02. The molecule has 0 saturated heterocycles. The summed E-state index contributed by atoms with van der Waals surface area (Å²) in [4.78, 5) is 22.9. The summed E-state index contributed by atoms with van der Waals surface area (Å²) in [5.41, 5.74) is 6.51. The zero-order valence-corrected chi connectivity index (χ0v) is 13.1. The van der Waals surface area contributed by atoms with Crippen LogP contribution in [0.3, 0.4) is 0 Å². The van der Waals surface area contributed by atoms with Crippen LogP contribution in [-0.4, -0.2) is 29.0 Å².